The minimum atomic E-state index is -0.770. The lowest BCUT2D eigenvalue weighted by atomic mass is 10.0. The Hall–Kier alpha value is -4.41. The van der Waals surface area contributed by atoms with Crippen LogP contribution in [0.3, 0.4) is 0 Å². The van der Waals surface area contributed by atoms with Crippen LogP contribution in [0.25, 0.3) is 22.2 Å². The average molecular weight is 737 g/mol. The lowest BCUT2D eigenvalue weighted by molar-refractivity contribution is -0.170. The molecule has 0 bridgehead atoms. The summed E-state index contributed by atoms with van der Waals surface area (Å²) < 4.78 is 26.7. The Labute approximate surface area is 289 Å². The summed E-state index contributed by atoms with van der Waals surface area (Å²) >= 11 is 3.06. The third-order valence-electron chi connectivity index (χ3n) is 9.55. The van der Waals surface area contributed by atoms with Gasteiger partial charge in [-0.25, -0.2) is 19.3 Å². The molecule has 7 rings (SSSR count). The number of hydrogen-bond acceptors (Lipinski definition) is 10. The van der Waals surface area contributed by atoms with Gasteiger partial charge >= 0.3 is 0 Å². The van der Waals surface area contributed by atoms with E-state index in [1.807, 2.05) is 6.92 Å². The van der Waals surface area contributed by atoms with Gasteiger partial charge in [-0.1, -0.05) is 6.92 Å². The van der Waals surface area contributed by atoms with Crippen LogP contribution >= 0.6 is 15.9 Å². The topological polar surface area (TPSA) is 180 Å². The first-order valence-electron chi connectivity index (χ1n) is 16.1. The standard InChI is InChI=1S/C33H35BrFN9O5/c1-16-8-20(35)29(34)40-31(16)41-32(47)22-10-33(3)11-23(33)44(22)25(45)14-43-28-17(2)39-21(9-19(28)27(42-43)30(36)46)18-12-37-24(38-13-18)15-49-26-6-4-5-7-48-26/h8-9,12-13,22-23,26H,4-7,10-11,14-15H2,1-3H3,(H2,36,46)(H,40,41,47)/t22-,23+,26?,33-/m0/s1. The van der Waals surface area contributed by atoms with Gasteiger partial charge in [-0.15, -0.1) is 0 Å². The number of ether oxygens (including phenoxy) is 2. The SMILES string of the molecule is Cc1cc(F)c(Br)nc1NC(=O)[C@@H]1C[C@@]2(C)C[C@H]2N1C(=O)Cn1nc(C(N)=O)c2cc(-c3cnc(COC4CCCCO4)nc3)nc(C)c21. The molecule has 16 heteroatoms. The van der Waals surface area contributed by atoms with E-state index < -0.39 is 23.7 Å². The van der Waals surface area contributed by atoms with Crippen molar-refractivity contribution in [2.45, 2.75) is 84.4 Å². The summed E-state index contributed by atoms with van der Waals surface area (Å²) in [6.45, 7) is 6.09. The molecule has 14 nitrogen and oxygen atoms in total. The van der Waals surface area contributed by atoms with Crippen LogP contribution < -0.4 is 11.1 Å². The van der Waals surface area contributed by atoms with Crippen molar-refractivity contribution < 1.29 is 28.2 Å². The predicted octanol–water partition coefficient (Wildman–Crippen LogP) is 3.96. The number of carbonyl (C=O) groups is 3. The summed E-state index contributed by atoms with van der Waals surface area (Å²) in [7, 11) is 0. The predicted molar refractivity (Wildman–Crippen MR) is 177 cm³/mol. The van der Waals surface area contributed by atoms with Crippen molar-refractivity contribution in [3.8, 4) is 11.3 Å². The first kappa shape index (κ1) is 33.1. The summed E-state index contributed by atoms with van der Waals surface area (Å²) in [5.74, 6) is -1.35. The van der Waals surface area contributed by atoms with Crippen LogP contribution in [0.15, 0.2) is 29.1 Å². The number of rotatable bonds is 9. The first-order valence-corrected chi connectivity index (χ1v) is 16.9. The third kappa shape index (κ3) is 6.39. The number of aryl methyl sites for hydroxylation is 2. The summed E-state index contributed by atoms with van der Waals surface area (Å²) in [4.78, 5) is 59.4. The number of likely N-dealkylation sites (tertiary alicyclic amines) is 1. The zero-order chi connectivity index (χ0) is 34.6. The highest BCUT2D eigenvalue weighted by molar-refractivity contribution is 9.10. The maximum atomic E-state index is 14.0. The molecule has 3 N–H and O–H groups in total. The molecule has 3 amide bonds. The zero-order valence-electron chi connectivity index (χ0n) is 27.2. The van der Waals surface area contributed by atoms with E-state index in [2.05, 4.69) is 41.3 Å². The number of hydrogen-bond donors (Lipinski definition) is 2. The van der Waals surface area contributed by atoms with E-state index in [1.165, 1.54) is 10.7 Å². The molecule has 1 aliphatic carbocycles. The Balaban J connectivity index is 1.12. The highest BCUT2D eigenvalue weighted by Gasteiger charge is 2.64. The average Bonchev–Trinajstić information content (AvgIpc) is 3.42. The van der Waals surface area contributed by atoms with Crippen molar-refractivity contribution >= 4 is 50.4 Å². The number of nitrogens with one attached hydrogen (secondary N) is 1. The fourth-order valence-corrected chi connectivity index (χ4v) is 7.16. The number of aromatic nitrogens is 6. The Morgan fingerprint density at radius 2 is 1.94 bits per heavy atom. The van der Waals surface area contributed by atoms with E-state index in [-0.39, 0.29) is 52.9 Å². The molecule has 49 heavy (non-hydrogen) atoms. The van der Waals surface area contributed by atoms with E-state index in [4.69, 9.17) is 20.2 Å². The summed E-state index contributed by atoms with van der Waals surface area (Å²) in [5.41, 5.74) is 8.08. The Morgan fingerprint density at radius 3 is 2.65 bits per heavy atom. The molecule has 2 saturated heterocycles. The highest BCUT2D eigenvalue weighted by atomic mass is 79.9. The number of nitrogens with zero attached hydrogens (tertiary/aromatic N) is 7. The van der Waals surface area contributed by atoms with Gasteiger partial charge in [0, 0.05) is 36.0 Å². The van der Waals surface area contributed by atoms with Crippen molar-refractivity contribution in [2.75, 3.05) is 11.9 Å². The van der Waals surface area contributed by atoms with Gasteiger partial charge in [0.1, 0.15) is 29.6 Å². The zero-order valence-corrected chi connectivity index (χ0v) is 28.8. The van der Waals surface area contributed by atoms with Crippen LogP contribution in [0.4, 0.5) is 10.2 Å². The van der Waals surface area contributed by atoms with Crippen molar-refractivity contribution in [1.29, 1.82) is 0 Å². The van der Waals surface area contributed by atoms with E-state index in [0.29, 0.717) is 52.3 Å². The molecule has 0 radical (unpaired) electrons. The van der Waals surface area contributed by atoms with E-state index >= 15 is 0 Å². The minimum absolute atomic E-state index is 0.0108. The molecule has 1 saturated carbocycles. The molecule has 3 aliphatic rings. The number of halogens is 2. The Kier molecular flexibility index (Phi) is 8.65. The van der Waals surface area contributed by atoms with Crippen LogP contribution in [-0.4, -0.2) is 77.3 Å². The third-order valence-corrected chi connectivity index (χ3v) is 10.1. The highest BCUT2D eigenvalue weighted by Crippen LogP contribution is 2.59. The number of nitrogens with two attached hydrogens (primary N) is 1. The summed E-state index contributed by atoms with van der Waals surface area (Å²) in [6, 6.07) is 2.06. The Morgan fingerprint density at radius 1 is 1.16 bits per heavy atom. The minimum Gasteiger partial charge on any atom is -0.364 e. The van der Waals surface area contributed by atoms with Gasteiger partial charge in [-0.05, 0) is 85.0 Å². The first-order chi connectivity index (χ1) is 23.4. The monoisotopic (exact) mass is 735 g/mol. The van der Waals surface area contributed by atoms with E-state index in [1.54, 1.807) is 37.2 Å². The number of amides is 3. The van der Waals surface area contributed by atoms with Crippen LogP contribution in [-0.2, 0) is 32.2 Å². The van der Waals surface area contributed by atoms with Gasteiger partial charge in [0.05, 0.1) is 16.9 Å². The number of pyridine rings is 2. The lowest BCUT2D eigenvalue weighted by Gasteiger charge is -2.27. The van der Waals surface area contributed by atoms with Crippen molar-refractivity contribution in [3.63, 3.8) is 0 Å². The number of primary amides is 1. The molecular weight excluding hydrogens is 701 g/mol. The smallest absolute Gasteiger partial charge is 0.269 e. The molecule has 6 heterocycles. The van der Waals surface area contributed by atoms with Crippen molar-refractivity contribution in [2.24, 2.45) is 11.1 Å². The molecule has 1 unspecified atom stereocenters. The number of piperidine rings is 1. The molecule has 0 spiro atoms. The molecule has 256 valence electrons. The number of carbonyl (C=O) groups excluding carboxylic acids is 3. The maximum absolute atomic E-state index is 14.0. The van der Waals surface area contributed by atoms with E-state index in [0.717, 1.165) is 25.7 Å². The molecule has 0 aromatic carbocycles. The second kappa shape index (κ2) is 12.8. The largest absolute Gasteiger partial charge is 0.364 e. The second-order valence-electron chi connectivity index (χ2n) is 13.2. The maximum Gasteiger partial charge on any atom is 0.269 e. The van der Waals surface area contributed by atoms with Crippen LogP contribution in [0.2, 0.25) is 0 Å². The van der Waals surface area contributed by atoms with Crippen LogP contribution in [0, 0.1) is 25.1 Å². The van der Waals surface area contributed by atoms with Gasteiger partial charge in [-0.2, -0.15) is 5.10 Å². The molecular formula is C33H35BrFN9O5. The second-order valence-corrected chi connectivity index (χ2v) is 13.9. The number of anilines is 1. The number of fused-ring (bicyclic) bond motifs is 2. The van der Waals surface area contributed by atoms with Crippen molar-refractivity contribution in [1.82, 2.24) is 34.6 Å². The van der Waals surface area contributed by atoms with Gasteiger partial charge in [0.15, 0.2) is 23.6 Å². The fourth-order valence-electron chi connectivity index (χ4n) is 6.87. The summed E-state index contributed by atoms with van der Waals surface area (Å²) in [6.07, 6.45) is 7.16. The molecule has 4 aromatic heterocycles. The summed E-state index contributed by atoms with van der Waals surface area (Å²) in [5, 5.41) is 7.65. The quantitative estimate of drug-likeness (QED) is 0.239. The van der Waals surface area contributed by atoms with Gasteiger partial charge in [0.2, 0.25) is 11.8 Å². The normalized spacial score (nSPS) is 23.0. The fraction of sp³-hybridized carbons (Fsp3) is 0.455. The lowest BCUT2D eigenvalue weighted by Crippen LogP contribution is -2.47. The van der Waals surface area contributed by atoms with E-state index in [9.17, 15) is 18.8 Å². The van der Waals surface area contributed by atoms with Gasteiger partial charge in [0.25, 0.3) is 5.91 Å². The van der Waals surface area contributed by atoms with Gasteiger partial charge in [-0.3, -0.25) is 24.0 Å². The van der Waals surface area contributed by atoms with Gasteiger partial charge < -0.3 is 25.4 Å². The molecule has 4 aromatic rings. The Bertz CT molecular complexity index is 1980. The molecule has 4 atom stereocenters. The molecule has 2 aliphatic heterocycles. The molecule has 3 fully saturated rings. The van der Waals surface area contributed by atoms with Crippen LogP contribution in [0.1, 0.15) is 66.6 Å². The van der Waals surface area contributed by atoms with Crippen LogP contribution in [0.5, 0.6) is 0 Å². The van der Waals surface area contributed by atoms with Crippen molar-refractivity contribution in [3.05, 3.63) is 57.7 Å².